The van der Waals surface area contributed by atoms with Gasteiger partial charge in [-0.3, -0.25) is 14.9 Å². The van der Waals surface area contributed by atoms with Gasteiger partial charge in [0.15, 0.2) is 0 Å². The highest BCUT2D eigenvalue weighted by Gasteiger charge is 2.11. The van der Waals surface area contributed by atoms with Crippen LogP contribution >= 0.6 is 12.6 Å². The zero-order valence-corrected chi connectivity index (χ0v) is 8.81. The first-order valence-electron chi connectivity index (χ1n) is 4.15. The molecule has 0 spiro atoms. The normalized spacial score (nSPS) is 11.9. The number of nitro groups is 1. The molecule has 1 unspecified atom stereocenters. The zero-order chi connectivity index (χ0) is 11.4. The smallest absolute Gasteiger partial charge is 0.323 e. The first kappa shape index (κ1) is 11.5. The van der Waals surface area contributed by atoms with Crippen LogP contribution in [0.2, 0.25) is 0 Å². The molecule has 0 aliphatic rings. The lowest BCUT2D eigenvalue weighted by Gasteiger charge is -2.05. The van der Waals surface area contributed by atoms with Crippen LogP contribution in [-0.2, 0) is 4.79 Å². The van der Waals surface area contributed by atoms with Crippen LogP contribution in [0.4, 0.5) is 5.69 Å². The number of rotatable bonds is 3. The SMILES string of the molecule is CC(S)C(=O)Oc1ccc([N+](=O)[O-])cc1. The molecule has 1 aromatic rings. The molecule has 0 N–H and O–H groups in total. The molecule has 0 amide bonds. The van der Waals surface area contributed by atoms with Gasteiger partial charge in [0.25, 0.3) is 5.69 Å². The van der Waals surface area contributed by atoms with Crippen LogP contribution in [0, 0.1) is 10.1 Å². The Kier molecular flexibility index (Phi) is 3.68. The molecule has 15 heavy (non-hydrogen) atoms. The van der Waals surface area contributed by atoms with Crippen LogP contribution in [0.5, 0.6) is 5.75 Å². The summed E-state index contributed by atoms with van der Waals surface area (Å²) in [6.45, 7) is 1.58. The van der Waals surface area contributed by atoms with E-state index in [1.54, 1.807) is 6.92 Å². The second-order valence-electron chi connectivity index (χ2n) is 2.85. The lowest BCUT2D eigenvalue weighted by molar-refractivity contribution is -0.384. The highest BCUT2D eigenvalue weighted by atomic mass is 32.1. The summed E-state index contributed by atoms with van der Waals surface area (Å²) in [5, 5.41) is 9.80. The molecule has 1 rings (SSSR count). The minimum Gasteiger partial charge on any atom is -0.426 e. The molecule has 0 saturated heterocycles. The van der Waals surface area contributed by atoms with Gasteiger partial charge in [-0.15, -0.1) is 0 Å². The topological polar surface area (TPSA) is 69.4 Å². The van der Waals surface area contributed by atoms with Crippen molar-refractivity contribution in [2.75, 3.05) is 0 Å². The van der Waals surface area contributed by atoms with Gasteiger partial charge in [0.05, 0.1) is 10.2 Å². The van der Waals surface area contributed by atoms with E-state index in [1.165, 1.54) is 24.3 Å². The Balaban J connectivity index is 2.73. The van der Waals surface area contributed by atoms with Crippen LogP contribution in [0.25, 0.3) is 0 Å². The van der Waals surface area contributed by atoms with Crippen molar-refractivity contribution in [3.63, 3.8) is 0 Å². The number of ether oxygens (including phenoxy) is 1. The molecule has 1 aromatic carbocycles. The number of carbonyl (C=O) groups excluding carboxylic acids is 1. The fourth-order valence-electron chi connectivity index (χ4n) is 0.837. The Bertz CT molecular complexity index is 374. The summed E-state index contributed by atoms with van der Waals surface area (Å²) in [5.41, 5.74) is -0.0475. The first-order valence-corrected chi connectivity index (χ1v) is 4.66. The van der Waals surface area contributed by atoms with E-state index in [0.29, 0.717) is 0 Å². The monoisotopic (exact) mass is 227 g/mol. The van der Waals surface area contributed by atoms with Crippen LogP contribution in [0.15, 0.2) is 24.3 Å². The number of esters is 1. The maximum Gasteiger partial charge on any atom is 0.323 e. The molecule has 0 aromatic heterocycles. The van der Waals surface area contributed by atoms with Crippen molar-refractivity contribution < 1.29 is 14.5 Å². The number of nitrogens with zero attached hydrogens (tertiary/aromatic N) is 1. The minimum atomic E-state index is -0.528. The van der Waals surface area contributed by atoms with Crippen LogP contribution in [0.1, 0.15) is 6.92 Å². The van der Waals surface area contributed by atoms with E-state index in [4.69, 9.17) is 4.74 Å². The fourth-order valence-corrected chi connectivity index (χ4v) is 0.890. The van der Waals surface area contributed by atoms with Crippen molar-refractivity contribution >= 4 is 24.3 Å². The maximum atomic E-state index is 11.1. The zero-order valence-electron chi connectivity index (χ0n) is 7.91. The van der Waals surface area contributed by atoms with Crippen molar-refractivity contribution in [3.8, 4) is 5.75 Å². The number of thiol groups is 1. The van der Waals surface area contributed by atoms with Gasteiger partial charge >= 0.3 is 5.97 Å². The molecular weight excluding hydrogens is 218 g/mol. The summed E-state index contributed by atoms with van der Waals surface area (Å²) >= 11 is 3.89. The van der Waals surface area contributed by atoms with E-state index in [9.17, 15) is 14.9 Å². The third-order valence-electron chi connectivity index (χ3n) is 1.61. The van der Waals surface area contributed by atoms with Crippen LogP contribution < -0.4 is 4.74 Å². The molecule has 0 aliphatic heterocycles. The van der Waals surface area contributed by atoms with E-state index < -0.39 is 16.1 Å². The second-order valence-corrected chi connectivity index (χ2v) is 3.62. The minimum absolute atomic E-state index is 0.0475. The lowest BCUT2D eigenvalue weighted by atomic mass is 10.3. The number of benzene rings is 1. The van der Waals surface area contributed by atoms with Gasteiger partial charge in [-0.2, -0.15) is 12.6 Å². The molecular formula is C9H9NO4S. The summed E-state index contributed by atoms with van der Waals surface area (Å²) in [4.78, 5) is 20.9. The predicted octanol–water partition coefficient (Wildman–Crippen LogP) is 1.82. The number of hydrogen-bond donors (Lipinski definition) is 1. The third-order valence-corrected chi connectivity index (χ3v) is 1.82. The molecule has 5 nitrogen and oxygen atoms in total. The Hall–Kier alpha value is -1.56. The van der Waals surface area contributed by atoms with Gasteiger partial charge in [-0.25, -0.2) is 0 Å². The third kappa shape index (κ3) is 3.25. The van der Waals surface area contributed by atoms with Gasteiger partial charge in [-0.05, 0) is 19.1 Å². The average molecular weight is 227 g/mol. The molecule has 0 radical (unpaired) electrons. The van der Waals surface area contributed by atoms with Crippen molar-refractivity contribution in [2.24, 2.45) is 0 Å². The first-order chi connectivity index (χ1) is 7.00. The summed E-state index contributed by atoms with van der Waals surface area (Å²) in [6.07, 6.45) is 0. The highest BCUT2D eigenvalue weighted by molar-refractivity contribution is 7.81. The van der Waals surface area contributed by atoms with E-state index in [1.807, 2.05) is 0 Å². The Morgan fingerprint density at radius 1 is 1.47 bits per heavy atom. The van der Waals surface area contributed by atoms with Gasteiger partial charge in [0.2, 0.25) is 0 Å². The average Bonchev–Trinajstić information content (AvgIpc) is 2.18. The van der Waals surface area contributed by atoms with Crippen LogP contribution in [0.3, 0.4) is 0 Å². The Morgan fingerprint density at radius 2 is 2.00 bits per heavy atom. The maximum absolute atomic E-state index is 11.1. The largest absolute Gasteiger partial charge is 0.426 e. The highest BCUT2D eigenvalue weighted by Crippen LogP contribution is 2.17. The van der Waals surface area contributed by atoms with Crippen molar-refractivity contribution in [3.05, 3.63) is 34.4 Å². The van der Waals surface area contributed by atoms with Crippen molar-refractivity contribution in [1.29, 1.82) is 0 Å². The standard InChI is InChI=1S/C9H9NO4S/c1-6(15)9(11)14-8-4-2-7(3-5-8)10(12)13/h2-6,15H,1H3. The summed E-state index contributed by atoms with van der Waals surface area (Å²) in [6, 6.07) is 5.27. The van der Waals surface area contributed by atoms with E-state index in [0.717, 1.165) is 0 Å². The number of non-ortho nitro benzene ring substituents is 1. The number of nitro benzene ring substituents is 1. The van der Waals surface area contributed by atoms with Crippen LogP contribution in [-0.4, -0.2) is 16.1 Å². The van der Waals surface area contributed by atoms with E-state index >= 15 is 0 Å². The second kappa shape index (κ2) is 4.79. The Morgan fingerprint density at radius 3 is 2.40 bits per heavy atom. The summed E-state index contributed by atoms with van der Waals surface area (Å²) in [7, 11) is 0. The van der Waals surface area contributed by atoms with E-state index in [2.05, 4.69) is 12.6 Å². The Labute approximate surface area is 91.6 Å². The van der Waals surface area contributed by atoms with Crippen molar-refractivity contribution in [2.45, 2.75) is 12.2 Å². The molecule has 0 aliphatic carbocycles. The summed E-state index contributed by atoms with van der Waals surface area (Å²) in [5.74, 6) is -0.223. The fraction of sp³-hybridized carbons (Fsp3) is 0.222. The van der Waals surface area contributed by atoms with Crippen molar-refractivity contribution in [1.82, 2.24) is 0 Å². The van der Waals surface area contributed by atoms with Gasteiger partial charge in [0.1, 0.15) is 5.75 Å². The number of hydrogen-bond acceptors (Lipinski definition) is 5. The molecule has 0 bridgehead atoms. The predicted molar refractivity (Wildman–Crippen MR) is 57.2 cm³/mol. The molecule has 1 atom stereocenters. The summed E-state index contributed by atoms with van der Waals surface area (Å²) < 4.78 is 4.87. The quantitative estimate of drug-likeness (QED) is 0.281. The molecule has 0 fully saturated rings. The lowest BCUT2D eigenvalue weighted by Crippen LogP contribution is -2.17. The molecule has 6 heteroatoms. The number of carbonyl (C=O) groups is 1. The van der Waals surface area contributed by atoms with E-state index in [-0.39, 0.29) is 11.4 Å². The molecule has 0 heterocycles. The molecule has 0 saturated carbocycles. The molecule has 80 valence electrons. The van der Waals surface area contributed by atoms with Gasteiger partial charge in [-0.1, -0.05) is 0 Å². The van der Waals surface area contributed by atoms with Gasteiger partial charge < -0.3 is 4.74 Å². The van der Waals surface area contributed by atoms with Gasteiger partial charge in [0, 0.05) is 12.1 Å².